The highest BCUT2D eigenvalue weighted by Gasteiger charge is 2.13. The lowest BCUT2D eigenvalue weighted by molar-refractivity contribution is 0.104. The van der Waals surface area contributed by atoms with Crippen LogP contribution in [-0.4, -0.2) is 33.2 Å². The van der Waals surface area contributed by atoms with Crippen LogP contribution in [-0.2, 0) is 16.6 Å². The van der Waals surface area contributed by atoms with E-state index in [9.17, 15) is 13.2 Å². The molecule has 0 saturated heterocycles. The maximum absolute atomic E-state index is 12.3. The summed E-state index contributed by atoms with van der Waals surface area (Å²) in [5.41, 5.74) is 1.20. The summed E-state index contributed by atoms with van der Waals surface area (Å²) in [6.45, 7) is 0.0868. The molecule has 0 bridgehead atoms. The summed E-state index contributed by atoms with van der Waals surface area (Å²) >= 11 is 5.77. The van der Waals surface area contributed by atoms with Crippen molar-refractivity contribution < 1.29 is 13.2 Å². The first-order valence-corrected chi connectivity index (χ1v) is 9.37. The van der Waals surface area contributed by atoms with Gasteiger partial charge < -0.3 is 4.90 Å². The van der Waals surface area contributed by atoms with Crippen LogP contribution in [0.15, 0.2) is 65.7 Å². The Morgan fingerprint density at radius 1 is 1.16 bits per heavy atom. The van der Waals surface area contributed by atoms with Gasteiger partial charge in [-0.3, -0.25) is 4.79 Å². The van der Waals surface area contributed by atoms with Gasteiger partial charge in [-0.25, -0.2) is 13.1 Å². The van der Waals surface area contributed by atoms with Gasteiger partial charge in [0.1, 0.15) is 0 Å². The van der Waals surface area contributed by atoms with Crippen molar-refractivity contribution in [2.75, 3.05) is 14.1 Å². The van der Waals surface area contributed by atoms with Crippen molar-refractivity contribution in [3.63, 3.8) is 0 Å². The number of allylic oxidation sites excluding steroid dienone is 1. The molecule has 0 aliphatic heterocycles. The zero-order valence-corrected chi connectivity index (χ0v) is 15.5. The topological polar surface area (TPSA) is 66.5 Å². The summed E-state index contributed by atoms with van der Waals surface area (Å²) < 4.78 is 27.1. The van der Waals surface area contributed by atoms with Gasteiger partial charge in [-0.15, -0.1) is 0 Å². The van der Waals surface area contributed by atoms with E-state index < -0.39 is 10.0 Å². The van der Waals surface area contributed by atoms with Gasteiger partial charge in [-0.1, -0.05) is 29.8 Å². The van der Waals surface area contributed by atoms with Gasteiger partial charge in [0.15, 0.2) is 5.78 Å². The van der Waals surface area contributed by atoms with Crippen LogP contribution in [0, 0.1) is 0 Å². The summed E-state index contributed by atoms with van der Waals surface area (Å²) in [7, 11) is 0.00627. The molecule has 2 aromatic carbocycles. The molecular formula is C18H19ClN2O3S. The predicted octanol–water partition coefficient (Wildman–Crippen LogP) is 3.08. The SMILES string of the molecule is CN(C)C=CC(=O)c1cccc(CNS(=O)(=O)c2ccc(Cl)cc2)c1. The fourth-order valence-corrected chi connectivity index (χ4v) is 3.17. The Hall–Kier alpha value is -2.15. The lowest BCUT2D eigenvalue weighted by Gasteiger charge is -2.08. The monoisotopic (exact) mass is 378 g/mol. The van der Waals surface area contributed by atoms with Gasteiger partial charge in [0, 0.05) is 43.5 Å². The molecule has 0 heterocycles. The number of hydrogen-bond acceptors (Lipinski definition) is 4. The Balaban J connectivity index is 2.09. The van der Waals surface area contributed by atoms with Crippen LogP contribution < -0.4 is 4.72 Å². The van der Waals surface area contributed by atoms with Crippen LogP contribution in [0.5, 0.6) is 0 Å². The molecule has 0 fully saturated rings. The average molecular weight is 379 g/mol. The molecule has 0 spiro atoms. The van der Waals surface area contributed by atoms with E-state index >= 15 is 0 Å². The summed E-state index contributed by atoms with van der Waals surface area (Å²) in [6, 6.07) is 12.8. The van der Waals surface area contributed by atoms with Crippen molar-refractivity contribution in [3.8, 4) is 0 Å². The van der Waals surface area contributed by atoms with E-state index in [0.29, 0.717) is 16.1 Å². The molecule has 2 rings (SSSR count). The molecule has 0 aromatic heterocycles. The number of carbonyl (C=O) groups excluding carboxylic acids is 1. The number of hydrogen-bond donors (Lipinski definition) is 1. The second-order valence-electron chi connectivity index (χ2n) is 5.62. The third-order valence-corrected chi connectivity index (χ3v) is 4.99. The largest absolute Gasteiger partial charge is 0.383 e. The minimum Gasteiger partial charge on any atom is -0.383 e. The standard InChI is InChI=1S/C18H19ClN2O3S/c1-21(2)11-10-18(22)15-5-3-4-14(12-15)13-20-25(23,24)17-8-6-16(19)7-9-17/h3-12,20H,13H2,1-2H3. The van der Waals surface area contributed by atoms with Gasteiger partial charge in [0.2, 0.25) is 10.0 Å². The van der Waals surface area contributed by atoms with Crippen molar-refractivity contribution in [3.05, 3.63) is 77.0 Å². The Morgan fingerprint density at radius 3 is 2.48 bits per heavy atom. The Bertz CT molecular complexity index is 875. The zero-order chi connectivity index (χ0) is 18.4. The van der Waals surface area contributed by atoms with Crippen molar-refractivity contribution in [1.29, 1.82) is 0 Å². The lowest BCUT2D eigenvalue weighted by Crippen LogP contribution is -2.23. The molecular weight excluding hydrogens is 360 g/mol. The fraction of sp³-hybridized carbons (Fsp3) is 0.167. The molecule has 0 unspecified atom stereocenters. The third kappa shape index (κ3) is 5.70. The first kappa shape index (κ1) is 19.2. The van der Waals surface area contributed by atoms with Crippen LogP contribution in [0.25, 0.3) is 0 Å². The Morgan fingerprint density at radius 2 is 1.84 bits per heavy atom. The first-order chi connectivity index (χ1) is 11.8. The normalized spacial score (nSPS) is 11.6. The number of halogens is 1. The second kappa shape index (κ2) is 8.29. The van der Waals surface area contributed by atoms with E-state index in [1.807, 2.05) is 14.1 Å². The van der Waals surface area contributed by atoms with Crippen LogP contribution in [0.1, 0.15) is 15.9 Å². The molecule has 5 nitrogen and oxygen atoms in total. The number of rotatable bonds is 7. The van der Waals surface area contributed by atoms with E-state index in [4.69, 9.17) is 11.6 Å². The molecule has 0 amide bonds. The molecule has 0 radical (unpaired) electrons. The Kier molecular flexibility index (Phi) is 6.36. The summed E-state index contributed by atoms with van der Waals surface area (Å²) in [5, 5.41) is 0.468. The van der Waals surface area contributed by atoms with Gasteiger partial charge in [0.25, 0.3) is 0 Å². The number of nitrogens with zero attached hydrogens (tertiary/aromatic N) is 1. The van der Waals surface area contributed by atoms with Crippen molar-refractivity contribution in [2.24, 2.45) is 0 Å². The zero-order valence-electron chi connectivity index (χ0n) is 13.9. The van der Waals surface area contributed by atoms with Gasteiger partial charge in [0.05, 0.1) is 4.90 Å². The minimum atomic E-state index is -3.64. The molecule has 7 heteroatoms. The van der Waals surface area contributed by atoms with Gasteiger partial charge in [-0.2, -0.15) is 0 Å². The number of benzene rings is 2. The molecule has 25 heavy (non-hydrogen) atoms. The third-order valence-electron chi connectivity index (χ3n) is 3.33. The summed E-state index contributed by atoms with van der Waals surface area (Å²) in [5.74, 6) is -0.142. The number of ketones is 1. The lowest BCUT2D eigenvalue weighted by atomic mass is 10.1. The van der Waals surface area contributed by atoms with E-state index in [2.05, 4.69) is 4.72 Å². The number of carbonyl (C=O) groups is 1. The molecule has 1 N–H and O–H groups in total. The first-order valence-electron chi connectivity index (χ1n) is 7.51. The predicted molar refractivity (Wildman–Crippen MR) is 99.1 cm³/mol. The molecule has 0 aliphatic carbocycles. The second-order valence-corrected chi connectivity index (χ2v) is 7.83. The van der Waals surface area contributed by atoms with Crippen molar-refractivity contribution in [1.82, 2.24) is 9.62 Å². The Labute approximate surface area is 153 Å². The van der Waals surface area contributed by atoms with Crippen LogP contribution >= 0.6 is 11.6 Å². The number of sulfonamides is 1. The maximum atomic E-state index is 12.3. The molecule has 0 saturated carbocycles. The van der Waals surface area contributed by atoms with E-state index in [-0.39, 0.29) is 17.2 Å². The minimum absolute atomic E-state index is 0.0868. The van der Waals surface area contributed by atoms with Gasteiger partial charge >= 0.3 is 0 Å². The molecule has 0 aliphatic rings. The molecule has 0 atom stereocenters. The quantitative estimate of drug-likeness (QED) is 0.594. The van der Waals surface area contributed by atoms with Crippen molar-refractivity contribution >= 4 is 27.4 Å². The van der Waals surface area contributed by atoms with Gasteiger partial charge in [-0.05, 0) is 35.9 Å². The van der Waals surface area contributed by atoms with E-state index in [1.165, 1.54) is 30.3 Å². The van der Waals surface area contributed by atoms with Crippen LogP contribution in [0.3, 0.4) is 0 Å². The average Bonchev–Trinajstić information content (AvgIpc) is 2.58. The van der Waals surface area contributed by atoms with Crippen LogP contribution in [0.4, 0.5) is 0 Å². The highest BCUT2D eigenvalue weighted by Crippen LogP contribution is 2.15. The van der Waals surface area contributed by atoms with E-state index in [0.717, 1.165) is 0 Å². The molecule has 2 aromatic rings. The maximum Gasteiger partial charge on any atom is 0.240 e. The van der Waals surface area contributed by atoms with Crippen LogP contribution in [0.2, 0.25) is 5.02 Å². The molecule has 132 valence electrons. The fourth-order valence-electron chi connectivity index (χ4n) is 2.02. The highest BCUT2D eigenvalue weighted by molar-refractivity contribution is 7.89. The number of nitrogens with one attached hydrogen (secondary N) is 1. The smallest absolute Gasteiger partial charge is 0.240 e. The summed E-state index contributed by atoms with van der Waals surface area (Å²) in [6.07, 6.45) is 3.13. The van der Waals surface area contributed by atoms with E-state index in [1.54, 1.807) is 35.4 Å². The summed E-state index contributed by atoms with van der Waals surface area (Å²) in [4.78, 5) is 14.0. The van der Waals surface area contributed by atoms with Crippen molar-refractivity contribution in [2.45, 2.75) is 11.4 Å². The highest BCUT2D eigenvalue weighted by atomic mass is 35.5.